The highest BCUT2D eigenvalue weighted by Gasteiger charge is 2.22. The number of carbonyl (C=O) groups is 2. The first-order valence-corrected chi connectivity index (χ1v) is 17.2. The van der Waals surface area contributed by atoms with Gasteiger partial charge in [-0.25, -0.2) is 0 Å². The van der Waals surface area contributed by atoms with Crippen LogP contribution in [0.1, 0.15) is 58.5 Å². The number of benzene rings is 4. The van der Waals surface area contributed by atoms with Crippen LogP contribution in [0.15, 0.2) is 110 Å². The minimum Gasteiger partial charge on any atom is -0.494 e. The first-order chi connectivity index (χ1) is 25.3. The topological polar surface area (TPSA) is 89.5 Å². The third kappa shape index (κ3) is 10.5. The van der Waals surface area contributed by atoms with Gasteiger partial charge < -0.3 is 28.4 Å². The zero-order valence-electron chi connectivity index (χ0n) is 30.3. The van der Waals surface area contributed by atoms with Gasteiger partial charge >= 0.3 is 0 Å². The highest BCUT2D eigenvalue weighted by atomic mass is 16.5. The van der Waals surface area contributed by atoms with Gasteiger partial charge in [0.25, 0.3) is 0 Å². The molecule has 0 heterocycles. The Morgan fingerprint density at radius 1 is 0.577 bits per heavy atom. The summed E-state index contributed by atoms with van der Waals surface area (Å²) in [5.41, 5.74) is 3.60. The molecule has 0 bridgehead atoms. The van der Waals surface area contributed by atoms with Gasteiger partial charge in [0.1, 0.15) is 24.7 Å². The smallest absolute Gasteiger partial charge is 0.185 e. The fourth-order valence-electron chi connectivity index (χ4n) is 5.13. The molecule has 0 atom stereocenters. The molecule has 0 radical (unpaired) electrons. The van der Waals surface area contributed by atoms with E-state index in [9.17, 15) is 9.59 Å². The van der Waals surface area contributed by atoms with Crippen LogP contribution in [0, 0.1) is 0 Å². The van der Waals surface area contributed by atoms with Crippen molar-refractivity contribution in [2.24, 2.45) is 0 Å². The highest BCUT2D eigenvalue weighted by Crippen LogP contribution is 2.47. The van der Waals surface area contributed by atoms with Crippen LogP contribution in [0.4, 0.5) is 0 Å². The van der Waals surface area contributed by atoms with Crippen molar-refractivity contribution in [2.45, 2.75) is 26.7 Å². The van der Waals surface area contributed by atoms with E-state index in [1.807, 2.05) is 26.0 Å². The third-order valence-electron chi connectivity index (χ3n) is 7.65. The van der Waals surface area contributed by atoms with Crippen LogP contribution >= 0.6 is 0 Å². The average molecular weight is 703 g/mol. The fourth-order valence-corrected chi connectivity index (χ4v) is 5.13. The molecule has 0 saturated carbocycles. The number of ketones is 2. The van der Waals surface area contributed by atoms with Crippen molar-refractivity contribution in [2.75, 3.05) is 40.6 Å². The van der Waals surface area contributed by atoms with Crippen LogP contribution in [0.5, 0.6) is 34.5 Å². The van der Waals surface area contributed by atoms with Gasteiger partial charge in [-0.3, -0.25) is 9.59 Å². The second-order valence-electron chi connectivity index (χ2n) is 11.5. The summed E-state index contributed by atoms with van der Waals surface area (Å²) in [5.74, 6) is 2.80. The van der Waals surface area contributed by atoms with Crippen molar-refractivity contribution in [3.8, 4) is 45.6 Å². The van der Waals surface area contributed by atoms with E-state index in [-0.39, 0.29) is 24.8 Å². The number of carbonyl (C=O) groups excluding carboxylic acids is 2. The van der Waals surface area contributed by atoms with Gasteiger partial charge in [-0.15, -0.1) is 0 Å². The quantitative estimate of drug-likeness (QED) is 0.0482. The molecule has 4 aromatic rings. The lowest BCUT2D eigenvalue weighted by Crippen LogP contribution is -2.03. The number of hydrogen-bond acceptors (Lipinski definition) is 8. The number of rotatable bonds is 21. The number of methoxy groups -OCH3 is 2. The summed E-state index contributed by atoms with van der Waals surface area (Å²) in [4.78, 5) is 26.3. The molecule has 0 N–H and O–H groups in total. The number of hydrogen-bond donors (Lipinski definition) is 0. The lowest BCUT2D eigenvalue weighted by Gasteiger charge is -2.20. The van der Waals surface area contributed by atoms with Gasteiger partial charge in [0.15, 0.2) is 34.6 Å². The predicted octanol–water partition coefficient (Wildman–Crippen LogP) is 9.87. The van der Waals surface area contributed by atoms with Gasteiger partial charge in [0, 0.05) is 22.3 Å². The largest absolute Gasteiger partial charge is 0.494 e. The Morgan fingerprint density at radius 2 is 0.962 bits per heavy atom. The Labute approximate surface area is 306 Å². The molecule has 52 heavy (non-hydrogen) atoms. The maximum absolute atomic E-state index is 13.2. The molecule has 0 aliphatic carbocycles. The fraction of sp³-hybridized carbons (Fsp3) is 0.227. The SMILES string of the molecule is C=CCOc1c(OC)cc(/C=C/C(=O)c2ccc(OCCC)cc2)cc1-c1cc(/C=C/C(=O)c2ccc(OCCC)cc2)cc(OC)c1OCC=C. The summed E-state index contributed by atoms with van der Waals surface area (Å²) in [6, 6.07) is 21.5. The normalized spacial score (nSPS) is 10.9. The summed E-state index contributed by atoms with van der Waals surface area (Å²) in [7, 11) is 3.09. The maximum Gasteiger partial charge on any atom is 0.185 e. The van der Waals surface area contributed by atoms with Gasteiger partial charge in [0.05, 0.1) is 27.4 Å². The molecule has 0 aliphatic rings. The van der Waals surface area contributed by atoms with E-state index in [1.54, 1.807) is 99.2 Å². The molecule has 0 aromatic heterocycles. The minimum atomic E-state index is -0.175. The molecule has 0 amide bonds. The molecule has 8 heteroatoms. The maximum atomic E-state index is 13.2. The molecule has 0 aliphatic heterocycles. The van der Waals surface area contributed by atoms with Crippen LogP contribution in [-0.4, -0.2) is 52.2 Å². The number of ether oxygens (including phenoxy) is 6. The Morgan fingerprint density at radius 3 is 1.29 bits per heavy atom. The van der Waals surface area contributed by atoms with Crippen LogP contribution < -0.4 is 28.4 Å². The Balaban J connectivity index is 1.78. The molecule has 4 rings (SSSR count). The monoisotopic (exact) mass is 702 g/mol. The second kappa shape index (κ2) is 20.0. The summed E-state index contributed by atoms with van der Waals surface area (Å²) in [6.45, 7) is 13.3. The lowest BCUT2D eigenvalue weighted by atomic mass is 9.96. The van der Waals surface area contributed by atoms with E-state index in [1.165, 1.54) is 12.2 Å². The summed E-state index contributed by atoms with van der Waals surface area (Å²) in [5, 5.41) is 0. The van der Waals surface area contributed by atoms with E-state index < -0.39 is 0 Å². The zero-order chi connectivity index (χ0) is 37.3. The van der Waals surface area contributed by atoms with Crippen molar-refractivity contribution >= 4 is 23.7 Å². The first-order valence-electron chi connectivity index (χ1n) is 17.2. The Bertz CT molecular complexity index is 1750. The summed E-state index contributed by atoms with van der Waals surface area (Å²) < 4.78 is 35.2. The van der Waals surface area contributed by atoms with Gasteiger partial charge in [0.2, 0.25) is 0 Å². The zero-order valence-corrected chi connectivity index (χ0v) is 30.3. The van der Waals surface area contributed by atoms with E-state index >= 15 is 0 Å². The first kappa shape index (κ1) is 38.8. The van der Waals surface area contributed by atoms with Crippen molar-refractivity contribution in [1.82, 2.24) is 0 Å². The number of allylic oxidation sites excluding steroid dienone is 2. The summed E-state index contributed by atoms with van der Waals surface area (Å²) >= 11 is 0. The molecule has 0 saturated heterocycles. The third-order valence-corrected chi connectivity index (χ3v) is 7.65. The molecular weight excluding hydrogens is 656 g/mol. The molecule has 4 aromatic carbocycles. The van der Waals surface area contributed by atoms with Crippen molar-refractivity contribution < 1.29 is 38.0 Å². The minimum absolute atomic E-state index is 0.175. The molecule has 0 spiro atoms. The second-order valence-corrected chi connectivity index (χ2v) is 11.5. The van der Waals surface area contributed by atoms with Crippen molar-refractivity contribution in [3.63, 3.8) is 0 Å². The Kier molecular flexibility index (Phi) is 14.9. The van der Waals surface area contributed by atoms with E-state index in [0.717, 1.165) is 12.8 Å². The molecule has 270 valence electrons. The standard InChI is InChI=1S/C44H46O8/c1-7-23-49-35-17-13-33(14-18-35)39(45)21-11-31-27-37(43(51-25-9-3)41(29-31)47-5)38-28-32(30-42(48-6)44(38)52-26-10-4)12-22-40(46)34-15-19-36(20-16-34)50-24-8-2/h9-22,27-30H,3-4,7-8,23-26H2,1-2,5-6H3/b21-11+,22-12+. The Hall–Kier alpha value is -6.02. The van der Waals surface area contributed by atoms with Crippen LogP contribution in [-0.2, 0) is 0 Å². The summed E-state index contributed by atoms with van der Waals surface area (Å²) in [6.07, 6.45) is 11.5. The van der Waals surface area contributed by atoms with Crippen LogP contribution in [0.25, 0.3) is 23.3 Å². The molecule has 8 nitrogen and oxygen atoms in total. The molecule has 0 unspecified atom stereocenters. The van der Waals surface area contributed by atoms with Crippen molar-refractivity contribution in [3.05, 3.63) is 133 Å². The van der Waals surface area contributed by atoms with Gasteiger partial charge in [-0.2, -0.15) is 0 Å². The van der Waals surface area contributed by atoms with E-state index in [4.69, 9.17) is 28.4 Å². The van der Waals surface area contributed by atoms with E-state index in [2.05, 4.69) is 13.2 Å². The van der Waals surface area contributed by atoms with Crippen LogP contribution in [0.3, 0.4) is 0 Å². The van der Waals surface area contributed by atoms with Crippen molar-refractivity contribution in [1.29, 1.82) is 0 Å². The molecule has 0 fully saturated rings. The van der Waals surface area contributed by atoms with Gasteiger partial charge in [-0.05, 0) is 109 Å². The molecular formula is C44H46O8. The van der Waals surface area contributed by atoms with Gasteiger partial charge in [-0.1, -0.05) is 51.3 Å². The highest BCUT2D eigenvalue weighted by molar-refractivity contribution is 6.07. The van der Waals surface area contributed by atoms with E-state index in [0.29, 0.717) is 81.1 Å². The van der Waals surface area contributed by atoms with Crippen LogP contribution in [0.2, 0.25) is 0 Å². The average Bonchev–Trinajstić information content (AvgIpc) is 3.18. The predicted molar refractivity (Wildman–Crippen MR) is 208 cm³/mol. The lowest BCUT2D eigenvalue weighted by molar-refractivity contribution is 0.103.